The molecule has 96 valence electrons. The number of hydrogen-bond acceptors (Lipinski definition) is 4. The molecule has 1 aliphatic heterocycles. The van der Waals surface area contributed by atoms with E-state index in [1.54, 1.807) is 11.8 Å². The van der Waals surface area contributed by atoms with Crippen LogP contribution in [-0.2, 0) is 9.63 Å². The summed E-state index contributed by atoms with van der Waals surface area (Å²) in [7, 11) is 1.39. The van der Waals surface area contributed by atoms with E-state index in [9.17, 15) is 9.59 Å². The highest BCUT2D eigenvalue weighted by atomic mass is 16.6. The lowest BCUT2D eigenvalue weighted by atomic mass is 10.0. The number of hydrogen-bond donors (Lipinski definition) is 2. The zero-order chi connectivity index (χ0) is 12.8. The highest BCUT2D eigenvalue weighted by Crippen LogP contribution is 2.10. The van der Waals surface area contributed by atoms with Crippen molar-refractivity contribution in [2.24, 2.45) is 5.16 Å². The van der Waals surface area contributed by atoms with Crippen molar-refractivity contribution in [3.05, 3.63) is 0 Å². The number of nitrogens with one attached hydrogen (secondary N) is 1. The van der Waals surface area contributed by atoms with Gasteiger partial charge in [0.15, 0.2) is 0 Å². The third-order valence-corrected chi connectivity index (χ3v) is 2.65. The Balaban J connectivity index is 2.44. The fraction of sp³-hybridized carbons (Fsp3) is 0.700. The fourth-order valence-corrected chi connectivity index (χ4v) is 1.81. The van der Waals surface area contributed by atoms with Crippen LogP contribution < -0.4 is 5.32 Å². The number of oxime groups is 1. The first-order valence-electron chi connectivity index (χ1n) is 5.41. The molecule has 7 nitrogen and oxygen atoms in total. The number of piperidine rings is 1. The summed E-state index contributed by atoms with van der Waals surface area (Å²) in [6, 6.07) is -0.0729. The van der Waals surface area contributed by atoms with E-state index in [4.69, 9.17) is 5.11 Å². The average molecular weight is 243 g/mol. The van der Waals surface area contributed by atoms with E-state index < -0.39 is 6.09 Å². The summed E-state index contributed by atoms with van der Waals surface area (Å²) in [6.45, 7) is 2.65. The second-order valence-electron chi connectivity index (χ2n) is 3.88. The maximum atomic E-state index is 11.8. The SMILES string of the molecule is CO/N=C(\C)C(=O)N1CCC(NC(=O)O)CC1. The molecule has 0 aromatic heterocycles. The van der Waals surface area contributed by atoms with Crippen molar-refractivity contribution >= 4 is 17.7 Å². The number of amides is 2. The third-order valence-electron chi connectivity index (χ3n) is 2.65. The van der Waals surface area contributed by atoms with Crippen LogP contribution in [0.4, 0.5) is 4.79 Å². The fourth-order valence-electron chi connectivity index (χ4n) is 1.81. The zero-order valence-corrected chi connectivity index (χ0v) is 9.97. The minimum Gasteiger partial charge on any atom is -0.465 e. The van der Waals surface area contributed by atoms with Crippen LogP contribution in [0.1, 0.15) is 19.8 Å². The Morgan fingerprint density at radius 1 is 1.41 bits per heavy atom. The topological polar surface area (TPSA) is 91.2 Å². The number of rotatable bonds is 3. The van der Waals surface area contributed by atoms with Gasteiger partial charge >= 0.3 is 6.09 Å². The largest absolute Gasteiger partial charge is 0.465 e. The van der Waals surface area contributed by atoms with Crippen LogP contribution in [-0.4, -0.2) is 54.0 Å². The molecule has 1 saturated heterocycles. The number of likely N-dealkylation sites (tertiary alicyclic amines) is 1. The Hall–Kier alpha value is -1.79. The molecule has 1 fully saturated rings. The van der Waals surface area contributed by atoms with Crippen LogP contribution in [0, 0.1) is 0 Å². The molecule has 2 N–H and O–H groups in total. The first kappa shape index (κ1) is 13.3. The molecule has 0 aromatic carbocycles. The maximum absolute atomic E-state index is 11.8. The van der Waals surface area contributed by atoms with Gasteiger partial charge in [-0.25, -0.2) is 4.79 Å². The van der Waals surface area contributed by atoms with Gasteiger partial charge in [-0.15, -0.1) is 0 Å². The van der Waals surface area contributed by atoms with Crippen LogP contribution in [0.3, 0.4) is 0 Å². The Kier molecular flexibility index (Phi) is 4.74. The molecular weight excluding hydrogens is 226 g/mol. The van der Waals surface area contributed by atoms with Crippen molar-refractivity contribution in [1.82, 2.24) is 10.2 Å². The molecule has 0 spiro atoms. The summed E-state index contributed by atoms with van der Waals surface area (Å²) in [5.41, 5.74) is 0.303. The van der Waals surface area contributed by atoms with Crippen molar-refractivity contribution in [1.29, 1.82) is 0 Å². The predicted molar refractivity (Wildman–Crippen MR) is 60.9 cm³/mol. The Morgan fingerprint density at radius 2 is 2.00 bits per heavy atom. The standard InChI is InChI=1S/C10H17N3O4/c1-7(12-17-2)9(14)13-5-3-8(4-6-13)11-10(15)16/h8,11H,3-6H2,1-2H3,(H,15,16)/b12-7+. The molecule has 7 heteroatoms. The van der Waals surface area contributed by atoms with Gasteiger partial charge in [0.1, 0.15) is 12.8 Å². The minimum atomic E-state index is -1.02. The van der Waals surface area contributed by atoms with Gasteiger partial charge in [0, 0.05) is 19.1 Å². The monoisotopic (exact) mass is 243 g/mol. The maximum Gasteiger partial charge on any atom is 0.404 e. The van der Waals surface area contributed by atoms with Crippen LogP contribution in [0.5, 0.6) is 0 Å². The van der Waals surface area contributed by atoms with Crippen LogP contribution >= 0.6 is 0 Å². The van der Waals surface area contributed by atoms with E-state index in [1.807, 2.05) is 0 Å². The number of carbonyl (C=O) groups is 2. The average Bonchev–Trinajstić information content (AvgIpc) is 2.28. The number of carboxylic acid groups (broad SMARTS) is 1. The van der Waals surface area contributed by atoms with E-state index in [-0.39, 0.29) is 11.9 Å². The lowest BCUT2D eigenvalue weighted by Crippen LogP contribution is -2.47. The molecule has 1 heterocycles. The molecule has 0 aromatic rings. The molecular formula is C10H17N3O4. The molecule has 0 atom stereocenters. The van der Waals surface area contributed by atoms with E-state index in [0.717, 1.165) is 0 Å². The number of carbonyl (C=O) groups excluding carboxylic acids is 1. The first-order chi connectivity index (χ1) is 8.04. The molecule has 0 saturated carbocycles. The lowest BCUT2D eigenvalue weighted by Gasteiger charge is -2.31. The summed E-state index contributed by atoms with van der Waals surface area (Å²) >= 11 is 0. The van der Waals surface area contributed by atoms with E-state index in [2.05, 4.69) is 15.3 Å². The lowest BCUT2D eigenvalue weighted by molar-refractivity contribution is -0.125. The van der Waals surface area contributed by atoms with Gasteiger partial charge < -0.3 is 20.2 Å². The van der Waals surface area contributed by atoms with Crippen molar-refractivity contribution < 1.29 is 19.5 Å². The molecule has 2 amide bonds. The molecule has 17 heavy (non-hydrogen) atoms. The zero-order valence-electron chi connectivity index (χ0n) is 9.97. The highest BCUT2D eigenvalue weighted by Gasteiger charge is 2.25. The van der Waals surface area contributed by atoms with Crippen LogP contribution in [0.25, 0.3) is 0 Å². The molecule has 0 unspecified atom stereocenters. The Bertz CT molecular complexity index is 322. The Labute approximate surface area is 99.4 Å². The van der Waals surface area contributed by atoms with E-state index in [0.29, 0.717) is 31.6 Å². The summed E-state index contributed by atoms with van der Waals surface area (Å²) in [5, 5.41) is 14.6. The molecule has 0 aliphatic carbocycles. The summed E-state index contributed by atoms with van der Waals surface area (Å²) in [4.78, 5) is 28.4. The molecule has 1 aliphatic rings. The van der Waals surface area contributed by atoms with Gasteiger partial charge in [0.05, 0.1) is 0 Å². The second-order valence-corrected chi connectivity index (χ2v) is 3.88. The van der Waals surface area contributed by atoms with Gasteiger partial charge in [-0.2, -0.15) is 0 Å². The number of nitrogens with zero attached hydrogens (tertiary/aromatic N) is 2. The normalized spacial score (nSPS) is 17.8. The molecule has 0 radical (unpaired) electrons. The predicted octanol–water partition coefficient (Wildman–Crippen LogP) is 0.267. The smallest absolute Gasteiger partial charge is 0.404 e. The van der Waals surface area contributed by atoms with Crippen molar-refractivity contribution in [3.63, 3.8) is 0 Å². The van der Waals surface area contributed by atoms with Crippen molar-refractivity contribution in [2.75, 3.05) is 20.2 Å². The summed E-state index contributed by atoms with van der Waals surface area (Å²) in [5.74, 6) is -0.166. The van der Waals surface area contributed by atoms with E-state index in [1.165, 1.54) is 7.11 Å². The first-order valence-corrected chi connectivity index (χ1v) is 5.41. The molecule has 1 rings (SSSR count). The summed E-state index contributed by atoms with van der Waals surface area (Å²) < 4.78 is 0. The minimum absolute atomic E-state index is 0.0729. The Morgan fingerprint density at radius 3 is 2.47 bits per heavy atom. The van der Waals surface area contributed by atoms with Crippen molar-refractivity contribution in [2.45, 2.75) is 25.8 Å². The quantitative estimate of drug-likeness (QED) is 0.549. The van der Waals surface area contributed by atoms with Gasteiger partial charge in [-0.05, 0) is 19.8 Å². The molecule has 0 bridgehead atoms. The third kappa shape index (κ3) is 3.93. The van der Waals surface area contributed by atoms with Gasteiger partial charge in [0.25, 0.3) is 5.91 Å². The second kappa shape index (κ2) is 6.07. The van der Waals surface area contributed by atoms with E-state index >= 15 is 0 Å². The van der Waals surface area contributed by atoms with Gasteiger partial charge in [0.2, 0.25) is 0 Å². The van der Waals surface area contributed by atoms with Crippen molar-refractivity contribution in [3.8, 4) is 0 Å². The summed E-state index contributed by atoms with van der Waals surface area (Å²) in [6.07, 6.45) is 0.225. The van der Waals surface area contributed by atoms with Crippen LogP contribution in [0.15, 0.2) is 5.16 Å². The van der Waals surface area contributed by atoms with Gasteiger partial charge in [-0.3, -0.25) is 4.79 Å². The van der Waals surface area contributed by atoms with Crippen LogP contribution in [0.2, 0.25) is 0 Å². The highest BCUT2D eigenvalue weighted by molar-refractivity contribution is 6.37. The van der Waals surface area contributed by atoms with Gasteiger partial charge in [-0.1, -0.05) is 5.16 Å².